The first-order chi connectivity index (χ1) is 17.3. The van der Waals surface area contributed by atoms with Crippen LogP contribution in [-0.2, 0) is 0 Å². The van der Waals surface area contributed by atoms with Crippen LogP contribution in [0.1, 0.15) is 22.3 Å². The third-order valence-electron chi connectivity index (χ3n) is 5.15. The van der Waals surface area contributed by atoms with Gasteiger partial charge in [-0.25, -0.2) is 0 Å². The third-order valence-corrected chi connectivity index (χ3v) is 5.15. The molecule has 36 heavy (non-hydrogen) atoms. The summed E-state index contributed by atoms with van der Waals surface area (Å²) in [5.41, 5.74) is 2.31. The third kappa shape index (κ3) is 5.81. The van der Waals surface area contributed by atoms with Gasteiger partial charge < -0.3 is 30.6 Å². The van der Waals surface area contributed by atoms with Crippen molar-refractivity contribution in [2.45, 2.75) is 0 Å². The van der Waals surface area contributed by atoms with Crippen molar-refractivity contribution in [1.29, 1.82) is 0 Å². The number of phenols is 6. The molecule has 0 aliphatic carbocycles. The molecule has 0 bridgehead atoms. The second-order valence-corrected chi connectivity index (χ2v) is 7.86. The first-order valence-corrected chi connectivity index (χ1v) is 10.8. The summed E-state index contributed by atoms with van der Waals surface area (Å²) in [5, 5.41) is 67.9. The van der Waals surface area contributed by atoms with E-state index in [9.17, 15) is 30.6 Å². The summed E-state index contributed by atoms with van der Waals surface area (Å²) in [6, 6.07) is 17.9. The van der Waals surface area contributed by atoms with Crippen molar-refractivity contribution in [2.75, 3.05) is 0 Å². The molecule has 0 amide bonds. The molecule has 0 saturated heterocycles. The zero-order valence-electron chi connectivity index (χ0n) is 18.8. The molecule has 6 N–H and O–H groups in total. The van der Waals surface area contributed by atoms with E-state index in [2.05, 4.69) is 10.2 Å². The fraction of sp³-hybridized carbons (Fsp3) is 0. The quantitative estimate of drug-likeness (QED) is 0.134. The van der Waals surface area contributed by atoms with E-state index in [1.54, 1.807) is 48.6 Å². The van der Waals surface area contributed by atoms with E-state index >= 15 is 0 Å². The Morgan fingerprint density at radius 3 is 1.14 bits per heavy atom. The highest BCUT2D eigenvalue weighted by atomic mass is 16.3. The van der Waals surface area contributed by atoms with Crippen LogP contribution in [0, 0.1) is 0 Å². The molecule has 0 aliphatic rings. The molecule has 8 nitrogen and oxygen atoms in total. The summed E-state index contributed by atoms with van der Waals surface area (Å²) in [7, 11) is 0. The number of rotatable bonds is 6. The predicted molar refractivity (Wildman–Crippen MR) is 138 cm³/mol. The van der Waals surface area contributed by atoms with Gasteiger partial charge in [-0.05, 0) is 47.5 Å². The SMILES string of the molecule is Oc1ccc(/C=C\c2cc(O)cc(O)c2N=Nc2c(O)cc(O)cc2/C=C\c2ccc(O)cc2)cc1. The Labute approximate surface area is 206 Å². The van der Waals surface area contributed by atoms with E-state index in [1.807, 2.05) is 0 Å². The largest absolute Gasteiger partial charge is 0.508 e. The highest BCUT2D eigenvalue weighted by Crippen LogP contribution is 2.40. The predicted octanol–water partition coefficient (Wildman–Crippen LogP) is 6.68. The molecule has 0 spiro atoms. The van der Waals surface area contributed by atoms with Gasteiger partial charge in [0.2, 0.25) is 0 Å². The van der Waals surface area contributed by atoms with Gasteiger partial charge in [-0.15, -0.1) is 10.2 Å². The number of hydrogen-bond acceptors (Lipinski definition) is 8. The molecule has 4 aromatic rings. The molecule has 0 unspecified atom stereocenters. The molecule has 180 valence electrons. The number of aromatic hydroxyl groups is 6. The maximum absolute atomic E-state index is 10.4. The van der Waals surface area contributed by atoms with Crippen LogP contribution >= 0.6 is 0 Å². The molecule has 0 fully saturated rings. The minimum atomic E-state index is -0.330. The Morgan fingerprint density at radius 1 is 0.417 bits per heavy atom. The lowest BCUT2D eigenvalue weighted by Crippen LogP contribution is -1.80. The average molecular weight is 482 g/mol. The number of benzene rings is 4. The number of phenolic OH excluding ortho intramolecular Hbond substituents is 6. The summed E-state index contributed by atoms with van der Waals surface area (Å²) in [4.78, 5) is 0. The van der Waals surface area contributed by atoms with Crippen LogP contribution in [-0.4, -0.2) is 30.6 Å². The standard InChI is InChI=1S/C28H22N2O6/c31-21-9-3-17(4-10-21)1-7-19-13-23(33)15-25(35)27(19)29-30-28-20(14-24(34)16-26(28)36)8-2-18-5-11-22(32)12-6-18/h1-16,31-36H/b7-1-,8-2-,30-29?. The molecule has 4 aromatic carbocycles. The summed E-state index contributed by atoms with van der Waals surface area (Å²) in [6.07, 6.45) is 6.64. The van der Waals surface area contributed by atoms with Crippen LogP contribution in [0.15, 0.2) is 83.0 Å². The summed E-state index contributed by atoms with van der Waals surface area (Å²) in [5.74, 6) is -0.767. The van der Waals surface area contributed by atoms with Crippen LogP contribution in [0.4, 0.5) is 11.4 Å². The molecule has 0 radical (unpaired) electrons. The molecule has 0 heterocycles. The molecule has 8 heteroatoms. The first kappa shape index (κ1) is 23.9. The van der Waals surface area contributed by atoms with Gasteiger partial charge in [-0.1, -0.05) is 48.6 Å². The zero-order chi connectivity index (χ0) is 25.7. The van der Waals surface area contributed by atoms with Crippen molar-refractivity contribution in [1.82, 2.24) is 0 Å². The van der Waals surface area contributed by atoms with E-state index in [4.69, 9.17) is 0 Å². The lowest BCUT2D eigenvalue weighted by molar-refractivity contribution is 0.449. The maximum atomic E-state index is 10.4. The van der Waals surface area contributed by atoms with Crippen LogP contribution in [0.2, 0.25) is 0 Å². The minimum absolute atomic E-state index is 0.0452. The van der Waals surface area contributed by atoms with Crippen molar-refractivity contribution in [3.05, 3.63) is 95.1 Å². The van der Waals surface area contributed by atoms with Crippen LogP contribution in [0.25, 0.3) is 24.3 Å². The van der Waals surface area contributed by atoms with Crippen molar-refractivity contribution in [2.24, 2.45) is 10.2 Å². The Kier molecular flexibility index (Phi) is 6.87. The number of azo groups is 1. The van der Waals surface area contributed by atoms with Gasteiger partial charge in [0.1, 0.15) is 45.9 Å². The fourth-order valence-electron chi connectivity index (χ4n) is 3.37. The van der Waals surface area contributed by atoms with Crippen molar-refractivity contribution in [3.8, 4) is 34.5 Å². The van der Waals surface area contributed by atoms with Crippen LogP contribution in [0.5, 0.6) is 34.5 Å². The average Bonchev–Trinajstić information content (AvgIpc) is 2.83. The number of nitrogens with zero attached hydrogens (tertiary/aromatic N) is 2. The van der Waals surface area contributed by atoms with E-state index in [1.165, 1.54) is 36.4 Å². The summed E-state index contributed by atoms with van der Waals surface area (Å²) < 4.78 is 0. The van der Waals surface area contributed by atoms with Gasteiger partial charge in [0, 0.05) is 23.3 Å². The van der Waals surface area contributed by atoms with E-state index < -0.39 is 0 Å². The highest BCUT2D eigenvalue weighted by molar-refractivity contribution is 5.81. The molecule has 4 rings (SSSR count). The van der Waals surface area contributed by atoms with E-state index in [0.29, 0.717) is 11.1 Å². The Bertz CT molecular complexity index is 1360. The highest BCUT2D eigenvalue weighted by Gasteiger charge is 2.12. The normalized spacial score (nSPS) is 11.7. The van der Waals surface area contributed by atoms with Crippen LogP contribution in [0.3, 0.4) is 0 Å². The van der Waals surface area contributed by atoms with Crippen molar-refractivity contribution in [3.63, 3.8) is 0 Å². The van der Waals surface area contributed by atoms with Gasteiger partial charge >= 0.3 is 0 Å². The van der Waals surface area contributed by atoms with E-state index in [0.717, 1.165) is 23.3 Å². The van der Waals surface area contributed by atoms with Crippen molar-refractivity contribution < 1.29 is 30.6 Å². The van der Waals surface area contributed by atoms with Crippen LogP contribution < -0.4 is 0 Å². The second-order valence-electron chi connectivity index (χ2n) is 7.86. The monoisotopic (exact) mass is 482 g/mol. The van der Waals surface area contributed by atoms with E-state index in [-0.39, 0.29) is 45.9 Å². The van der Waals surface area contributed by atoms with Gasteiger partial charge in [-0.2, -0.15) is 0 Å². The minimum Gasteiger partial charge on any atom is -0.508 e. The molecular formula is C28H22N2O6. The molecule has 0 aliphatic heterocycles. The topological polar surface area (TPSA) is 146 Å². The van der Waals surface area contributed by atoms with Gasteiger partial charge in [0.15, 0.2) is 0 Å². The number of hydrogen-bond donors (Lipinski definition) is 6. The Hall–Kier alpha value is -5.24. The van der Waals surface area contributed by atoms with Gasteiger partial charge in [0.05, 0.1) is 0 Å². The lowest BCUT2D eigenvalue weighted by Gasteiger charge is -2.07. The first-order valence-electron chi connectivity index (χ1n) is 10.8. The Morgan fingerprint density at radius 2 is 0.778 bits per heavy atom. The lowest BCUT2D eigenvalue weighted by atomic mass is 10.1. The molecule has 0 aromatic heterocycles. The zero-order valence-corrected chi connectivity index (χ0v) is 18.8. The Balaban J connectivity index is 1.71. The van der Waals surface area contributed by atoms with Gasteiger partial charge in [0.25, 0.3) is 0 Å². The molecule has 0 atom stereocenters. The van der Waals surface area contributed by atoms with Gasteiger partial charge in [-0.3, -0.25) is 0 Å². The van der Waals surface area contributed by atoms with Crippen molar-refractivity contribution >= 4 is 35.7 Å². The second kappa shape index (κ2) is 10.4. The fourth-order valence-corrected chi connectivity index (χ4v) is 3.37. The molecular weight excluding hydrogens is 460 g/mol. The summed E-state index contributed by atoms with van der Waals surface area (Å²) in [6.45, 7) is 0. The summed E-state index contributed by atoms with van der Waals surface area (Å²) >= 11 is 0. The molecule has 0 saturated carbocycles. The maximum Gasteiger partial charge on any atom is 0.147 e. The smallest absolute Gasteiger partial charge is 0.147 e.